The van der Waals surface area contributed by atoms with Crippen molar-refractivity contribution in [3.8, 4) is 11.5 Å². The summed E-state index contributed by atoms with van der Waals surface area (Å²) in [6.07, 6.45) is 1.50. The standard InChI is InChI=1S/C12H18N2O4S/c1-5-6-14(2)19(15,16)12-7-9(13)10(17-3)8-11(12)18-4/h5,7-8H,1,6,13H2,2-4H3. The van der Waals surface area contributed by atoms with Crippen molar-refractivity contribution in [3.05, 3.63) is 24.8 Å². The average Bonchev–Trinajstić information content (AvgIpc) is 2.38. The van der Waals surface area contributed by atoms with Crippen LogP contribution >= 0.6 is 0 Å². The van der Waals surface area contributed by atoms with Crippen LogP contribution in [0.15, 0.2) is 29.7 Å². The quantitative estimate of drug-likeness (QED) is 0.625. The molecule has 7 heteroatoms. The van der Waals surface area contributed by atoms with Gasteiger partial charge in [-0.1, -0.05) is 6.08 Å². The second kappa shape index (κ2) is 5.94. The second-order valence-corrected chi connectivity index (χ2v) is 5.83. The number of hydrogen-bond donors (Lipinski definition) is 1. The Bertz CT molecular complexity index is 569. The Morgan fingerprint density at radius 2 is 1.89 bits per heavy atom. The normalized spacial score (nSPS) is 11.4. The molecule has 0 fully saturated rings. The molecule has 0 saturated heterocycles. The van der Waals surface area contributed by atoms with Crippen molar-refractivity contribution in [1.29, 1.82) is 0 Å². The Kier molecular flexibility index (Phi) is 4.79. The molecular weight excluding hydrogens is 268 g/mol. The molecule has 0 atom stereocenters. The van der Waals surface area contributed by atoms with E-state index in [9.17, 15) is 8.42 Å². The summed E-state index contributed by atoms with van der Waals surface area (Å²) in [4.78, 5) is -0.00218. The Morgan fingerprint density at radius 1 is 1.32 bits per heavy atom. The van der Waals surface area contributed by atoms with Gasteiger partial charge in [-0.25, -0.2) is 8.42 Å². The molecule has 0 aliphatic heterocycles. The number of hydrogen-bond acceptors (Lipinski definition) is 5. The number of nitrogen functional groups attached to an aromatic ring is 1. The smallest absolute Gasteiger partial charge is 0.246 e. The van der Waals surface area contributed by atoms with Gasteiger partial charge in [-0.3, -0.25) is 0 Å². The summed E-state index contributed by atoms with van der Waals surface area (Å²) in [6.45, 7) is 3.71. The predicted molar refractivity (Wildman–Crippen MR) is 74.0 cm³/mol. The largest absolute Gasteiger partial charge is 0.495 e. The van der Waals surface area contributed by atoms with Gasteiger partial charge < -0.3 is 15.2 Å². The lowest BCUT2D eigenvalue weighted by molar-refractivity contribution is 0.385. The summed E-state index contributed by atoms with van der Waals surface area (Å²) < 4.78 is 36.0. The molecule has 0 amide bonds. The van der Waals surface area contributed by atoms with Gasteiger partial charge in [0.25, 0.3) is 0 Å². The van der Waals surface area contributed by atoms with E-state index in [-0.39, 0.29) is 22.9 Å². The molecule has 0 heterocycles. The number of methoxy groups -OCH3 is 2. The van der Waals surface area contributed by atoms with Gasteiger partial charge in [-0.2, -0.15) is 4.31 Å². The van der Waals surface area contributed by atoms with E-state index in [1.165, 1.54) is 39.5 Å². The van der Waals surface area contributed by atoms with Gasteiger partial charge in [-0.05, 0) is 6.07 Å². The van der Waals surface area contributed by atoms with Crippen LogP contribution in [0.25, 0.3) is 0 Å². The number of sulfonamides is 1. The van der Waals surface area contributed by atoms with E-state index in [1.807, 2.05) is 0 Å². The molecular formula is C12H18N2O4S. The molecule has 0 spiro atoms. The van der Waals surface area contributed by atoms with E-state index >= 15 is 0 Å². The zero-order valence-electron chi connectivity index (χ0n) is 11.2. The van der Waals surface area contributed by atoms with Gasteiger partial charge in [-0.15, -0.1) is 6.58 Å². The highest BCUT2D eigenvalue weighted by molar-refractivity contribution is 7.89. The second-order valence-electron chi connectivity index (χ2n) is 3.82. The van der Waals surface area contributed by atoms with E-state index in [1.54, 1.807) is 0 Å². The van der Waals surface area contributed by atoms with Crippen molar-refractivity contribution < 1.29 is 17.9 Å². The summed E-state index contributed by atoms with van der Waals surface area (Å²) in [5.41, 5.74) is 5.97. The Balaban J connectivity index is 3.41. The summed E-state index contributed by atoms with van der Waals surface area (Å²) in [5, 5.41) is 0. The summed E-state index contributed by atoms with van der Waals surface area (Å²) in [7, 11) is 0.599. The highest BCUT2D eigenvalue weighted by Gasteiger charge is 2.25. The molecule has 1 rings (SSSR count). The van der Waals surface area contributed by atoms with E-state index in [0.29, 0.717) is 5.75 Å². The average molecular weight is 286 g/mol. The molecule has 1 aromatic rings. The SMILES string of the molecule is C=CCN(C)S(=O)(=O)c1cc(N)c(OC)cc1OC. The lowest BCUT2D eigenvalue weighted by Gasteiger charge is -2.18. The van der Waals surface area contributed by atoms with Crippen molar-refractivity contribution in [1.82, 2.24) is 4.31 Å². The zero-order chi connectivity index (χ0) is 14.6. The highest BCUT2D eigenvalue weighted by Crippen LogP contribution is 2.34. The van der Waals surface area contributed by atoms with Crippen LogP contribution in [0.4, 0.5) is 5.69 Å². The Labute approximate surface area is 113 Å². The molecule has 2 N–H and O–H groups in total. The molecule has 19 heavy (non-hydrogen) atoms. The van der Waals surface area contributed by atoms with Gasteiger partial charge in [0.05, 0.1) is 19.9 Å². The third-order valence-electron chi connectivity index (χ3n) is 2.59. The van der Waals surface area contributed by atoms with Crippen molar-refractivity contribution in [2.45, 2.75) is 4.90 Å². The summed E-state index contributed by atoms with van der Waals surface area (Å²) in [6, 6.07) is 2.77. The third-order valence-corrected chi connectivity index (χ3v) is 4.43. The van der Waals surface area contributed by atoms with Gasteiger partial charge in [0.2, 0.25) is 10.0 Å². The maximum Gasteiger partial charge on any atom is 0.246 e. The first kappa shape index (κ1) is 15.3. The fraction of sp³-hybridized carbons (Fsp3) is 0.333. The number of ether oxygens (including phenoxy) is 2. The van der Waals surface area contributed by atoms with Crippen LogP contribution in [-0.4, -0.2) is 40.5 Å². The van der Waals surface area contributed by atoms with Gasteiger partial charge in [0.1, 0.15) is 16.4 Å². The minimum Gasteiger partial charge on any atom is -0.495 e. The number of anilines is 1. The fourth-order valence-electron chi connectivity index (χ4n) is 1.54. The molecule has 0 aromatic heterocycles. The molecule has 0 unspecified atom stereocenters. The summed E-state index contributed by atoms with van der Waals surface area (Å²) in [5.74, 6) is 0.545. The van der Waals surface area contributed by atoms with Crippen LogP contribution < -0.4 is 15.2 Å². The highest BCUT2D eigenvalue weighted by atomic mass is 32.2. The molecule has 0 radical (unpaired) electrons. The maximum atomic E-state index is 12.4. The lowest BCUT2D eigenvalue weighted by atomic mass is 10.3. The molecule has 0 aliphatic rings. The van der Waals surface area contributed by atoms with Crippen molar-refractivity contribution in [2.24, 2.45) is 0 Å². The molecule has 6 nitrogen and oxygen atoms in total. The fourth-order valence-corrected chi connectivity index (χ4v) is 2.85. The predicted octanol–water partition coefficient (Wildman–Crippen LogP) is 1.09. The monoisotopic (exact) mass is 286 g/mol. The number of likely N-dealkylation sites (N-methyl/N-ethyl adjacent to an activating group) is 1. The van der Waals surface area contributed by atoms with Crippen LogP contribution in [0.5, 0.6) is 11.5 Å². The van der Waals surface area contributed by atoms with Crippen molar-refractivity contribution in [3.63, 3.8) is 0 Å². The first-order valence-electron chi connectivity index (χ1n) is 5.47. The zero-order valence-corrected chi connectivity index (χ0v) is 12.0. The van der Waals surface area contributed by atoms with Gasteiger partial charge in [0.15, 0.2) is 0 Å². The van der Waals surface area contributed by atoms with Gasteiger partial charge in [0, 0.05) is 19.7 Å². The van der Waals surface area contributed by atoms with Crippen LogP contribution in [0, 0.1) is 0 Å². The van der Waals surface area contributed by atoms with Crippen LogP contribution in [0.1, 0.15) is 0 Å². The Morgan fingerprint density at radius 3 is 2.37 bits per heavy atom. The number of nitrogens with zero attached hydrogens (tertiary/aromatic N) is 1. The van der Waals surface area contributed by atoms with E-state index in [2.05, 4.69) is 6.58 Å². The molecule has 0 aliphatic carbocycles. The van der Waals surface area contributed by atoms with Crippen LogP contribution in [0.2, 0.25) is 0 Å². The Hall–Kier alpha value is -1.73. The number of nitrogens with two attached hydrogens (primary N) is 1. The third kappa shape index (κ3) is 2.99. The van der Waals surface area contributed by atoms with E-state index in [0.717, 1.165) is 4.31 Å². The van der Waals surface area contributed by atoms with Crippen LogP contribution in [0.3, 0.4) is 0 Å². The maximum absolute atomic E-state index is 12.4. The first-order chi connectivity index (χ1) is 8.88. The van der Waals surface area contributed by atoms with Crippen molar-refractivity contribution >= 4 is 15.7 Å². The summed E-state index contributed by atoms with van der Waals surface area (Å²) >= 11 is 0. The number of rotatable bonds is 6. The molecule has 0 saturated carbocycles. The first-order valence-corrected chi connectivity index (χ1v) is 6.91. The minimum absolute atomic E-state index is 0.00218. The number of benzene rings is 1. The molecule has 106 valence electrons. The van der Waals surface area contributed by atoms with E-state index < -0.39 is 10.0 Å². The molecule has 0 bridgehead atoms. The van der Waals surface area contributed by atoms with Gasteiger partial charge >= 0.3 is 0 Å². The van der Waals surface area contributed by atoms with Crippen LogP contribution in [-0.2, 0) is 10.0 Å². The minimum atomic E-state index is -3.69. The molecule has 1 aromatic carbocycles. The lowest BCUT2D eigenvalue weighted by Crippen LogP contribution is -2.27. The topological polar surface area (TPSA) is 81.9 Å². The van der Waals surface area contributed by atoms with E-state index in [4.69, 9.17) is 15.2 Å². The van der Waals surface area contributed by atoms with Crippen molar-refractivity contribution in [2.75, 3.05) is 33.5 Å².